The largest absolute Gasteiger partial charge is 0.504 e. The number of aliphatic hydroxyl groups is 1. The molecule has 7 heteroatoms. The Labute approximate surface area is 149 Å². The second-order valence-electron chi connectivity index (χ2n) is 3.35. The summed E-state index contributed by atoms with van der Waals surface area (Å²) in [7, 11) is 0. The number of hydrogen-bond donors (Lipinski definition) is 1. The molecule has 1 radical (unpaired) electrons. The van der Waals surface area contributed by atoms with Gasteiger partial charge in [0.25, 0.3) is 0 Å². The molecule has 0 aromatic heterocycles. The number of ketones is 1. The van der Waals surface area contributed by atoms with Crippen LogP contribution in [0, 0.1) is 49.4 Å². The Morgan fingerprint density at radius 3 is 2.26 bits per heavy atom. The number of hydrogen-bond acceptors (Lipinski definition) is 3. The van der Waals surface area contributed by atoms with Crippen molar-refractivity contribution in [1.29, 1.82) is 0 Å². The van der Waals surface area contributed by atoms with Crippen LogP contribution < -0.4 is 4.74 Å². The number of carbonyl (C=O) groups is 1. The predicted molar refractivity (Wildman–Crippen MR) is 58.7 cm³/mol. The summed E-state index contributed by atoms with van der Waals surface area (Å²) in [5.41, 5.74) is 0.0363. The summed E-state index contributed by atoms with van der Waals surface area (Å²) in [5.74, 6) is -2.33. The quantitative estimate of drug-likeness (QED) is 0.469. The van der Waals surface area contributed by atoms with Crippen LogP contribution in [0.1, 0.15) is 17.3 Å². The molecule has 1 N–H and O–H groups in total. The first-order valence-corrected chi connectivity index (χ1v) is 5.09. The number of halogens is 3. The van der Waals surface area contributed by atoms with Gasteiger partial charge in [-0.25, -0.2) is 0 Å². The van der Waals surface area contributed by atoms with Crippen LogP contribution in [0.5, 0.6) is 5.75 Å². The molecule has 0 amide bonds. The van der Waals surface area contributed by atoms with Crippen molar-refractivity contribution in [3.63, 3.8) is 0 Å². The van der Waals surface area contributed by atoms with Gasteiger partial charge in [0.15, 0.2) is 5.78 Å². The molecule has 0 bridgehead atoms. The maximum Gasteiger partial charge on any atom is 0.448 e. The van der Waals surface area contributed by atoms with Crippen molar-refractivity contribution in [1.82, 2.24) is 0 Å². The Hall–Kier alpha value is -0.396. The van der Waals surface area contributed by atoms with Gasteiger partial charge < -0.3 is 9.84 Å². The molecular weight excluding hydrogens is 401 g/mol. The summed E-state index contributed by atoms with van der Waals surface area (Å²) >= 11 is 0. The van der Waals surface area contributed by atoms with Crippen molar-refractivity contribution >= 4 is 5.78 Å². The summed E-state index contributed by atoms with van der Waals surface area (Å²) in [6.45, 7) is 2.23. The summed E-state index contributed by atoms with van der Waals surface area (Å²) < 4.78 is 41.1. The van der Waals surface area contributed by atoms with E-state index < -0.39 is 17.7 Å². The molecule has 0 aliphatic carbocycles. The number of aliphatic hydroxyl groups excluding tert-OH is 1. The molecule has 105 valence electrons. The molecule has 0 heterocycles. The molecule has 1 rings (SSSR count). The van der Waals surface area contributed by atoms with Crippen LogP contribution in [0.25, 0.3) is 0 Å². The molecule has 19 heavy (non-hydrogen) atoms. The van der Waals surface area contributed by atoms with Gasteiger partial charge in [-0.05, 0) is 31.2 Å². The van der Waals surface area contributed by atoms with Gasteiger partial charge in [-0.1, -0.05) is 0 Å². The predicted octanol–water partition coefficient (Wildman–Crippen LogP) is 3.27. The van der Waals surface area contributed by atoms with Crippen LogP contribution in [-0.2, 0) is 0 Å². The zero-order valence-corrected chi connectivity index (χ0v) is 12.3. The SMILES string of the molecule is CCOc1ccc(C(=O)/C=C(\O)C(F)(F)F)cc1.[Eu]. The Kier molecular flexibility index (Phi) is 7.85. The number of ether oxygens (including phenoxy) is 1. The molecule has 3 nitrogen and oxygen atoms in total. The second kappa shape index (κ2) is 8.02. The van der Waals surface area contributed by atoms with E-state index in [0.29, 0.717) is 12.4 Å². The number of alkyl halides is 3. The van der Waals surface area contributed by atoms with Gasteiger partial charge >= 0.3 is 6.18 Å². The first-order valence-electron chi connectivity index (χ1n) is 5.09. The van der Waals surface area contributed by atoms with Gasteiger partial charge in [0, 0.05) is 61.0 Å². The number of carbonyl (C=O) groups excluding carboxylic acids is 1. The molecule has 0 aliphatic heterocycles. The topological polar surface area (TPSA) is 46.5 Å². The molecule has 0 unspecified atom stereocenters. The van der Waals surface area contributed by atoms with Gasteiger partial charge in [0.2, 0.25) is 5.76 Å². The maximum absolute atomic E-state index is 12.0. The van der Waals surface area contributed by atoms with Gasteiger partial charge in [-0.3, -0.25) is 4.79 Å². The third kappa shape index (κ3) is 6.06. The van der Waals surface area contributed by atoms with E-state index in [2.05, 4.69) is 0 Å². The minimum atomic E-state index is -4.92. The summed E-state index contributed by atoms with van der Waals surface area (Å²) in [4.78, 5) is 11.4. The van der Waals surface area contributed by atoms with Crippen LogP contribution in [0.3, 0.4) is 0 Å². The average molecular weight is 412 g/mol. The van der Waals surface area contributed by atoms with Crippen LogP contribution in [-0.4, -0.2) is 23.7 Å². The van der Waals surface area contributed by atoms with Crippen molar-refractivity contribution in [2.45, 2.75) is 13.1 Å². The number of benzene rings is 1. The Morgan fingerprint density at radius 1 is 1.32 bits per heavy atom. The monoisotopic (exact) mass is 413 g/mol. The van der Waals surface area contributed by atoms with Crippen molar-refractivity contribution < 1.29 is 77.2 Å². The molecule has 0 fully saturated rings. The Morgan fingerprint density at radius 2 is 1.84 bits per heavy atom. The summed E-state index contributed by atoms with van der Waals surface area (Å²) in [5, 5.41) is 8.65. The van der Waals surface area contributed by atoms with E-state index in [1.165, 1.54) is 24.3 Å². The zero-order valence-electron chi connectivity index (χ0n) is 9.87. The van der Waals surface area contributed by atoms with E-state index >= 15 is 0 Å². The van der Waals surface area contributed by atoms with Crippen molar-refractivity contribution in [2.75, 3.05) is 6.61 Å². The molecule has 1 aromatic carbocycles. The van der Waals surface area contributed by atoms with Crippen LogP contribution in [0.2, 0.25) is 0 Å². The maximum atomic E-state index is 12.0. The van der Waals surface area contributed by atoms with E-state index in [9.17, 15) is 18.0 Å². The van der Waals surface area contributed by atoms with Crippen LogP contribution >= 0.6 is 0 Å². The minimum Gasteiger partial charge on any atom is -0.504 e. The molecule has 1 aromatic rings. The third-order valence-electron chi connectivity index (χ3n) is 2.01. The standard InChI is InChI=1S/C12H11F3O3.Eu/c1-2-18-9-5-3-8(4-6-9)10(16)7-11(17)12(13,14)15;/h3-7,17H,2H2,1H3;/b11-7-;. The Bertz CT molecular complexity index is 452. The first kappa shape index (κ1) is 18.6. The van der Waals surface area contributed by atoms with Gasteiger partial charge in [0.1, 0.15) is 5.75 Å². The van der Waals surface area contributed by atoms with Crippen LogP contribution in [0.4, 0.5) is 13.2 Å². The zero-order chi connectivity index (χ0) is 13.8. The van der Waals surface area contributed by atoms with E-state index in [-0.39, 0.29) is 61.0 Å². The molecule has 0 saturated carbocycles. The Balaban J connectivity index is 0.00000324. The fourth-order valence-electron chi connectivity index (χ4n) is 1.17. The number of rotatable bonds is 4. The summed E-state index contributed by atoms with van der Waals surface area (Å²) in [6, 6.07) is 5.59. The fourth-order valence-corrected chi connectivity index (χ4v) is 1.17. The van der Waals surface area contributed by atoms with Crippen molar-refractivity contribution in [3.8, 4) is 5.75 Å². The van der Waals surface area contributed by atoms with Gasteiger partial charge in [-0.2, -0.15) is 13.2 Å². The van der Waals surface area contributed by atoms with Gasteiger partial charge in [0.05, 0.1) is 6.61 Å². The normalized spacial score (nSPS) is 11.7. The molecule has 0 saturated heterocycles. The van der Waals surface area contributed by atoms with E-state index in [4.69, 9.17) is 9.84 Å². The van der Waals surface area contributed by atoms with E-state index in [1.54, 1.807) is 6.92 Å². The first-order chi connectivity index (χ1) is 8.34. The molecule has 0 atom stereocenters. The number of allylic oxidation sites excluding steroid dienone is 2. The minimum absolute atomic E-state index is 0. The molecular formula is C12H11EuF3O3. The van der Waals surface area contributed by atoms with Crippen molar-refractivity contribution in [2.24, 2.45) is 0 Å². The summed E-state index contributed by atoms with van der Waals surface area (Å²) in [6.07, 6.45) is -4.77. The van der Waals surface area contributed by atoms with Crippen LogP contribution in [0.15, 0.2) is 36.1 Å². The van der Waals surface area contributed by atoms with E-state index in [1.807, 2.05) is 0 Å². The smallest absolute Gasteiger partial charge is 0.448 e. The molecule has 0 spiro atoms. The fraction of sp³-hybridized carbons (Fsp3) is 0.250. The molecule has 0 aliphatic rings. The average Bonchev–Trinajstić information content (AvgIpc) is 2.29. The van der Waals surface area contributed by atoms with Gasteiger partial charge in [-0.15, -0.1) is 0 Å². The van der Waals surface area contributed by atoms with Crippen molar-refractivity contribution in [3.05, 3.63) is 41.7 Å². The van der Waals surface area contributed by atoms with E-state index in [0.717, 1.165) is 0 Å². The third-order valence-corrected chi connectivity index (χ3v) is 2.01. The second-order valence-corrected chi connectivity index (χ2v) is 3.35.